The summed E-state index contributed by atoms with van der Waals surface area (Å²) in [5.41, 5.74) is 6.21. The number of rotatable bonds is 5. The smallest absolute Gasteiger partial charge is 0.251 e. The van der Waals surface area contributed by atoms with Crippen molar-refractivity contribution >= 4 is 15.9 Å². The van der Waals surface area contributed by atoms with Gasteiger partial charge in [-0.1, -0.05) is 6.07 Å². The van der Waals surface area contributed by atoms with Crippen LogP contribution in [-0.4, -0.2) is 32.5 Å². The molecule has 0 spiro atoms. The van der Waals surface area contributed by atoms with E-state index in [1.165, 1.54) is 12.1 Å². The van der Waals surface area contributed by atoms with E-state index in [2.05, 4.69) is 10.0 Å². The first kappa shape index (κ1) is 17.9. The van der Waals surface area contributed by atoms with Crippen molar-refractivity contribution in [3.8, 4) is 0 Å². The molecule has 0 bridgehead atoms. The number of sulfonamides is 1. The Hall–Kier alpha value is -1.44. The topological polar surface area (TPSA) is 101 Å². The second-order valence-corrected chi connectivity index (χ2v) is 8.10. The molecule has 4 N–H and O–H groups in total. The molecule has 6 nitrogen and oxygen atoms in total. The molecule has 0 heterocycles. The highest BCUT2D eigenvalue weighted by molar-refractivity contribution is 7.89. The molecule has 128 valence electrons. The van der Waals surface area contributed by atoms with Crippen molar-refractivity contribution in [2.24, 2.45) is 5.73 Å². The second kappa shape index (κ2) is 7.42. The number of nitrogens with two attached hydrogens (primary N) is 1. The van der Waals surface area contributed by atoms with Gasteiger partial charge < -0.3 is 11.1 Å². The highest BCUT2D eigenvalue weighted by Gasteiger charge is 2.22. The van der Waals surface area contributed by atoms with Gasteiger partial charge in [-0.3, -0.25) is 4.79 Å². The van der Waals surface area contributed by atoms with E-state index < -0.39 is 10.0 Å². The molecule has 1 amide bonds. The number of hydrogen-bond acceptors (Lipinski definition) is 4. The predicted molar refractivity (Wildman–Crippen MR) is 89.6 cm³/mol. The third-order valence-corrected chi connectivity index (χ3v) is 5.56. The van der Waals surface area contributed by atoms with Crippen LogP contribution in [0.15, 0.2) is 29.2 Å². The maximum absolute atomic E-state index is 12.3. The highest BCUT2D eigenvalue weighted by Crippen LogP contribution is 2.18. The molecule has 1 aromatic carbocycles. The van der Waals surface area contributed by atoms with E-state index in [-0.39, 0.29) is 28.9 Å². The molecule has 0 aliphatic heterocycles. The van der Waals surface area contributed by atoms with Crippen molar-refractivity contribution in [1.29, 1.82) is 0 Å². The zero-order chi connectivity index (χ0) is 17.0. The molecule has 23 heavy (non-hydrogen) atoms. The molecule has 0 radical (unpaired) electrons. The molecule has 1 aromatic rings. The summed E-state index contributed by atoms with van der Waals surface area (Å²) in [5, 5.41) is 2.97. The van der Waals surface area contributed by atoms with E-state index >= 15 is 0 Å². The fourth-order valence-corrected chi connectivity index (χ4v) is 4.01. The minimum atomic E-state index is -3.60. The third-order valence-electron chi connectivity index (χ3n) is 3.90. The summed E-state index contributed by atoms with van der Waals surface area (Å²) in [7, 11) is -3.60. The lowest BCUT2D eigenvalue weighted by Crippen LogP contribution is -2.40. The van der Waals surface area contributed by atoms with Crippen LogP contribution in [0, 0.1) is 0 Å². The summed E-state index contributed by atoms with van der Waals surface area (Å²) < 4.78 is 26.9. The molecule has 1 aliphatic carbocycles. The molecule has 2 rings (SSSR count). The monoisotopic (exact) mass is 339 g/mol. The molecule has 1 saturated carbocycles. The Balaban J connectivity index is 2.08. The van der Waals surface area contributed by atoms with Gasteiger partial charge in [-0.15, -0.1) is 0 Å². The van der Waals surface area contributed by atoms with E-state index in [0.717, 1.165) is 25.7 Å². The summed E-state index contributed by atoms with van der Waals surface area (Å²) in [4.78, 5) is 12.4. The van der Waals surface area contributed by atoms with Gasteiger partial charge >= 0.3 is 0 Å². The van der Waals surface area contributed by atoms with Crippen LogP contribution in [0.2, 0.25) is 0 Å². The van der Waals surface area contributed by atoms with Crippen LogP contribution in [0.1, 0.15) is 49.9 Å². The van der Waals surface area contributed by atoms with E-state index in [1.807, 2.05) is 0 Å². The lowest BCUT2D eigenvalue weighted by molar-refractivity contribution is 0.0925. The van der Waals surface area contributed by atoms with Crippen LogP contribution >= 0.6 is 0 Å². The van der Waals surface area contributed by atoms with Gasteiger partial charge in [0.25, 0.3) is 5.91 Å². The Morgan fingerprint density at radius 3 is 2.48 bits per heavy atom. The summed E-state index contributed by atoms with van der Waals surface area (Å²) >= 11 is 0. The number of nitrogens with one attached hydrogen (secondary N) is 2. The summed E-state index contributed by atoms with van der Waals surface area (Å²) in [5.74, 6) is -0.243. The van der Waals surface area contributed by atoms with Crippen LogP contribution in [0.5, 0.6) is 0 Å². The van der Waals surface area contributed by atoms with Crippen LogP contribution < -0.4 is 15.8 Å². The summed E-state index contributed by atoms with van der Waals surface area (Å²) in [6.45, 7) is 3.50. The Morgan fingerprint density at radius 1 is 1.22 bits per heavy atom. The van der Waals surface area contributed by atoms with Crippen molar-refractivity contribution in [3.63, 3.8) is 0 Å². The first-order chi connectivity index (χ1) is 10.8. The van der Waals surface area contributed by atoms with E-state index in [9.17, 15) is 13.2 Å². The van der Waals surface area contributed by atoms with Gasteiger partial charge in [0.05, 0.1) is 4.90 Å². The Kier molecular flexibility index (Phi) is 5.78. The number of benzene rings is 1. The van der Waals surface area contributed by atoms with Crippen LogP contribution in [0.3, 0.4) is 0 Å². The third kappa shape index (κ3) is 5.02. The molecule has 1 aliphatic rings. The fraction of sp³-hybridized carbons (Fsp3) is 0.562. The first-order valence-corrected chi connectivity index (χ1v) is 9.45. The van der Waals surface area contributed by atoms with Gasteiger partial charge in [-0.2, -0.15) is 0 Å². The van der Waals surface area contributed by atoms with Crippen molar-refractivity contribution in [3.05, 3.63) is 29.8 Å². The van der Waals surface area contributed by atoms with Crippen molar-refractivity contribution in [1.82, 2.24) is 10.0 Å². The minimum absolute atomic E-state index is 0.101. The van der Waals surface area contributed by atoms with Crippen LogP contribution in [-0.2, 0) is 10.0 Å². The molecule has 7 heteroatoms. The molecule has 0 aromatic heterocycles. The SMILES string of the molecule is CC(C)NS(=O)(=O)c1cccc(C(=O)NC2CCC(N)CC2)c1. The van der Waals surface area contributed by atoms with E-state index in [1.54, 1.807) is 26.0 Å². The van der Waals surface area contributed by atoms with E-state index in [4.69, 9.17) is 5.73 Å². The van der Waals surface area contributed by atoms with Gasteiger partial charge in [-0.25, -0.2) is 13.1 Å². The second-order valence-electron chi connectivity index (χ2n) is 6.39. The molecular formula is C16H25N3O3S. The number of amides is 1. The fourth-order valence-electron chi connectivity index (χ4n) is 2.72. The summed E-state index contributed by atoms with van der Waals surface area (Å²) in [6.07, 6.45) is 3.52. The lowest BCUT2D eigenvalue weighted by atomic mass is 9.91. The number of hydrogen-bond donors (Lipinski definition) is 3. The largest absolute Gasteiger partial charge is 0.349 e. The standard InChI is InChI=1S/C16H25N3O3S/c1-11(2)19-23(21,22)15-5-3-4-12(10-15)16(20)18-14-8-6-13(17)7-9-14/h3-5,10-11,13-14,19H,6-9,17H2,1-2H3,(H,18,20). The van der Waals surface area contributed by atoms with Crippen molar-refractivity contribution in [2.45, 2.75) is 62.6 Å². The van der Waals surface area contributed by atoms with Gasteiger partial charge in [0.15, 0.2) is 0 Å². The lowest BCUT2D eigenvalue weighted by Gasteiger charge is -2.26. The van der Waals surface area contributed by atoms with Crippen molar-refractivity contribution in [2.75, 3.05) is 0 Å². The number of carbonyl (C=O) groups excluding carboxylic acids is 1. The molecule has 0 unspecified atom stereocenters. The predicted octanol–water partition coefficient (Wildman–Crippen LogP) is 1.37. The average Bonchev–Trinajstić information content (AvgIpc) is 2.48. The van der Waals surface area contributed by atoms with E-state index in [0.29, 0.717) is 5.56 Å². The van der Waals surface area contributed by atoms with Crippen LogP contribution in [0.4, 0.5) is 0 Å². The van der Waals surface area contributed by atoms with Crippen molar-refractivity contribution < 1.29 is 13.2 Å². The van der Waals surface area contributed by atoms with Gasteiger partial charge in [0, 0.05) is 23.7 Å². The Bertz CT molecular complexity index is 650. The molecule has 0 saturated heterocycles. The first-order valence-electron chi connectivity index (χ1n) is 7.97. The minimum Gasteiger partial charge on any atom is -0.349 e. The zero-order valence-electron chi connectivity index (χ0n) is 13.6. The zero-order valence-corrected chi connectivity index (χ0v) is 14.4. The highest BCUT2D eigenvalue weighted by atomic mass is 32.2. The van der Waals surface area contributed by atoms with Gasteiger partial charge in [-0.05, 0) is 57.7 Å². The maximum atomic E-state index is 12.3. The average molecular weight is 339 g/mol. The van der Waals surface area contributed by atoms with Crippen LogP contribution in [0.25, 0.3) is 0 Å². The maximum Gasteiger partial charge on any atom is 0.251 e. The quantitative estimate of drug-likeness (QED) is 0.754. The summed E-state index contributed by atoms with van der Waals surface area (Å²) in [6, 6.07) is 6.23. The number of carbonyl (C=O) groups is 1. The van der Waals surface area contributed by atoms with Gasteiger partial charge in [0.1, 0.15) is 0 Å². The molecular weight excluding hydrogens is 314 g/mol. The Labute approximate surface area is 137 Å². The normalized spacial score (nSPS) is 22.1. The van der Waals surface area contributed by atoms with Gasteiger partial charge in [0.2, 0.25) is 10.0 Å². The molecule has 1 fully saturated rings. The Morgan fingerprint density at radius 2 is 1.87 bits per heavy atom. The molecule has 0 atom stereocenters.